The third kappa shape index (κ3) is 7.60. The lowest BCUT2D eigenvalue weighted by molar-refractivity contribution is -0.151. The van der Waals surface area contributed by atoms with Crippen molar-refractivity contribution >= 4 is 23.7 Å². The van der Waals surface area contributed by atoms with Gasteiger partial charge in [0.2, 0.25) is 11.8 Å². The molecule has 1 heterocycles. The van der Waals surface area contributed by atoms with Gasteiger partial charge in [0.15, 0.2) is 0 Å². The van der Waals surface area contributed by atoms with Crippen LogP contribution in [0.3, 0.4) is 0 Å². The summed E-state index contributed by atoms with van der Waals surface area (Å²) in [6.07, 6.45) is 7.85. The van der Waals surface area contributed by atoms with Crippen molar-refractivity contribution in [2.75, 3.05) is 0 Å². The normalized spacial score (nSPS) is 15.0. The van der Waals surface area contributed by atoms with E-state index in [0.29, 0.717) is 19.3 Å². The third-order valence-electron chi connectivity index (χ3n) is 6.37. The molecule has 9 heteroatoms. The highest BCUT2D eigenvalue weighted by Crippen LogP contribution is 2.45. The highest BCUT2D eigenvalue weighted by Gasteiger charge is 2.52. The van der Waals surface area contributed by atoms with Gasteiger partial charge < -0.3 is 4.98 Å². The number of aryl methyl sites for hydroxylation is 1. The van der Waals surface area contributed by atoms with Gasteiger partial charge in [0.25, 0.3) is 0 Å². The second kappa shape index (κ2) is 13.7. The van der Waals surface area contributed by atoms with Crippen LogP contribution in [0, 0.1) is 29.1 Å². The molecule has 9 nitrogen and oxygen atoms in total. The molecule has 0 saturated heterocycles. The van der Waals surface area contributed by atoms with E-state index in [1.807, 2.05) is 58.0 Å². The number of aromatic amines is 1. The quantitative estimate of drug-likeness (QED) is 0.117. The van der Waals surface area contributed by atoms with E-state index in [2.05, 4.69) is 15.4 Å². The maximum Gasteiger partial charge on any atom is 0.248 e. The Morgan fingerprint density at radius 3 is 2.33 bits per heavy atom. The van der Waals surface area contributed by atoms with Gasteiger partial charge in [-0.05, 0) is 36.7 Å². The molecule has 36 heavy (non-hydrogen) atoms. The monoisotopic (exact) mass is 497 g/mol. The number of hydrogen-bond donors (Lipinski definition) is 5. The van der Waals surface area contributed by atoms with Crippen LogP contribution in [0.25, 0.3) is 6.08 Å². The number of hydrazine groups is 1. The van der Waals surface area contributed by atoms with Crippen molar-refractivity contribution < 1.29 is 19.6 Å². The fourth-order valence-corrected chi connectivity index (χ4v) is 4.92. The molecule has 0 spiro atoms. The average molecular weight is 498 g/mol. The minimum atomic E-state index is -1.39. The Bertz CT molecular complexity index is 1000. The lowest BCUT2D eigenvalue weighted by Crippen LogP contribution is -2.54. The zero-order valence-corrected chi connectivity index (χ0v) is 21.5. The molecule has 0 saturated carbocycles. The van der Waals surface area contributed by atoms with E-state index in [4.69, 9.17) is 5.84 Å². The summed E-state index contributed by atoms with van der Waals surface area (Å²) < 4.78 is 0. The number of carbonyl (C=O) groups excluding carboxylic acids is 3. The second-order valence-corrected chi connectivity index (χ2v) is 10.1. The van der Waals surface area contributed by atoms with E-state index in [1.165, 1.54) is 0 Å². The van der Waals surface area contributed by atoms with Gasteiger partial charge in [-0.3, -0.25) is 25.0 Å². The molecule has 0 aliphatic carbocycles. The van der Waals surface area contributed by atoms with Gasteiger partial charge in [-0.1, -0.05) is 70.2 Å². The van der Waals surface area contributed by atoms with E-state index in [1.54, 1.807) is 30.2 Å². The number of aromatic nitrogens is 2. The van der Waals surface area contributed by atoms with Gasteiger partial charge in [-0.15, -0.1) is 0 Å². The molecule has 1 unspecified atom stereocenters. The minimum absolute atomic E-state index is 0.00356. The predicted molar refractivity (Wildman–Crippen MR) is 138 cm³/mol. The van der Waals surface area contributed by atoms with Crippen LogP contribution in [0.4, 0.5) is 0 Å². The second-order valence-electron chi connectivity index (χ2n) is 10.1. The molecule has 6 N–H and O–H groups in total. The van der Waals surface area contributed by atoms with Gasteiger partial charge in [-0.25, -0.2) is 16.3 Å². The molecule has 3 atom stereocenters. The van der Waals surface area contributed by atoms with Crippen molar-refractivity contribution in [2.24, 2.45) is 34.9 Å². The van der Waals surface area contributed by atoms with E-state index >= 15 is 0 Å². The summed E-state index contributed by atoms with van der Waals surface area (Å²) in [5.41, 5.74) is 4.16. The first kappa shape index (κ1) is 28.9. The maximum absolute atomic E-state index is 14.2. The van der Waals surface area contributed by atoms with Gasteiger partial charge in [0.1, 0.15) is 5.78 Å². The third-order valence-corrected chi connectivity index (χ3v) is 6.37. The van der Waals surface area contributed by atoms with E-state index in [9.17, 15) is 19.6 Å². The summed E-state index contributed by atoms with van der Waals surface area (Å²) in [7, 11) is 0. The lowest BCUT2D eigenvalue weighted by atomic mass is 9.60. The number of Topliss-reactive ketones (excluding diaryl/α,β-unsaturated/α-hetero) is 1. The number of hydrogen-bond acceptors (Lipinski definition) is 6. The van der Waals surface area contributed by atoms with Gasteiger partial charge >= 0.3 is 0 Å². The number of imidazole rings is 1. The summed E-state index contributed by atoms with van der Waals surface area (Å²) >= 11 is 0. The Hall–Kier alpha value is -3.30. The molecule has 2 rings (SSSR count). The summed E-state index contributed by atoms with van der Waals surface area (Å²) in [6, 6.07) is 9.44. The molecule has 196 valence electrons. The number of H-pyrrole nitrogens is 1. The summed E-state index contributed by atoms with van der Waals surface area (Å²) in [5.74, 6) is 1.86. The van der Waals surface area contributed by atoms with Crippen LogP contribution >= 0.6 is 0 Å². The molecular formula is C27H39N5O4. The highest BCUT2D eigenvalue weighted by molar-refractivity contribution is 5.97. The Kier molecular flexibility index (Phi) is 11.0. The Morgan fingerprint density at radius 1 is 1.11 bits per heavy atom. The Balaban J connectivity index is 2.73. The number of benzene rings is 1. The number of hydroxylamine groups is 1. The Labute approximate surface area is 212 Å². The fraction of sp³-hybridized carbons (Fsp3) is 0.481. The van der Waals surface area contributed by atoms with Crippen LogP contribution in [-0.4, -0.2) is 32.8 Å². The molecule has 0 fully saturated rings. The molecule has 0 bridgehead atoms. The first-order valence-corrected chi connectivity index (χ1v) is 12.3. The van der Waals surface area contributed by atoms with Crippen molar-refractivity contribution in [3.63, 3.8) is 0 Å². The summed E-state index contributed by atoms with van der Waals surface area (Å²) in [6.45, 7) is 7.77. The lowest BCUT2D eigenvalue weighted by Gasteiger charge is -2.41. The molecule has 2 amide bonds. The van der Waals surface area contributed by atoms with Crippen LogP contribution in [0.15, 0.2) is 48.9 Å². The summed E-state index contributed by atoms with van der Waals surface area (Å²) in [4.78, 5) is 47.6. The SMILES string of the molecule is CC(C)C[C@@H](C(=O)NN)[C@H](C(=O)NO)C(/C=C/c1ccccc1)(CC(C)C)C(=O)CCc1cnc[nH]1. The molecule has 0 aliphatic rings. The number of rotatable bonds is 14. The van der Waals surface area contributed by atoms with Crippen LogP contribution in [0.5, 0.6) is 0 Å². The summed E-state index contributed by atoms with van der Waals surface area (Å²) in [5, 5.41) is 9.78. The largest absolute Gasteiger partial charge is 0.348 e. The van der Waals surface area contributed by atoms with E-state index in [-0.39, 0.29) is 24.0 Å². The van der Waals surface area contributed by atoms with Crippen molar-refractivity contribution in [3.8, 4) is 0 Å². The van der Waals surface area contributed by atoms with Crippen LogP contribution in [0.1, 0.15) is 58.2 Å². The molecular weight excluding hydrogens is 458 g/mol. The number of nitrogens with two attached hydrogens (primary N) is 1. The molecule has 2 aromatic rings. The van der Waals surface area contributed by atoms with Crippen molar-refractivity contribution in [2.45, 2.75) is 53.4 Å². The van der Waals surface area contributed by atoms with Crippen molar-refractivity contribution in [3.05, 3.63) is 60.2 Å². The number of amides is 2. The van der Waals surface area contributed by atoms with Crippen molar-refractivity contribution in [1.29, 1.82) is 0 Å². The zero-order valence-electron chi connectivity index (χ0n) is 21.5. The topological polar surface area (TPSA) is 150 Å². The molecule has 0 aliphatic heterocycles. The van der Waals surface area contributed by atoms with Gasteiger partial charge in [0.05, 0.1) is 23.6 Å². The van der Waals surface area contributed by atoms with Crippen molar-refractivity contribution in [1.82, 2.24) is 20.9 Å². The minimum Gasteiger partial charge on any atom is -0.348 e. The smallest absolute Gasteiger partial charge is 0.248 e. The fourth-order valence-electron chi connectivity index (χ4n) is 4.92. The van der Waals surface area contributed by atoms with Crippen LogP contribution in [-0.2, 0) is 20.8 Å². The molecule has 1 aromatic carbocycles. The number of nitrogens with zero attached hydrogens (tertiary/aromatic N) is 1. The Morgan fingerprint density at radius 2 is 1.81 bits per heavy atom. The molecule has 1 aromatic heterocycles. The first-order valence-electron chi connectivity index (χ1n) is 12.3. The maximum atomic E-state index is 14.2. The zero-order chi connectivity index (χ0) is 26.7. The van der Waals surface area contributed by atoms with Gasteiger partial charge in [-0.2, -0.15) is 0 Å². The van der Waals surface area contributed by atoms with Crippen LogP contribution < -0.4 is 16.7 Å². The first-order chi connectivity index (χ1) is 17.1. The number of nitrogens with one attached hydrogen (secondary N) is 3. The van der Waals surface area contributed by atoms with E-state index in [0.717, 1.165) is 11.3 Å². The standard InChI is InChI=1S/C27H39N5O4/c1-18(2)14-22(25(34)31-28)24(26(35)32-36)27(15-19(3)4,13-12-20-8-6-5-7-9-20)23(33)11-10-21-16-29-17-30-21/h5-9,12-13,16-19,22,24,36H,10-11,14-15,28H2,1-4H3,(H,29,30)(H,31,34)(H,32,35)/b13-12+/t22-,24-,27?/m1/s1. The predicted octanol–water partition coefficient (Wildman–Crippen LogP) is 3.43. The number of ketones is 1. The van der Waals surface area contributed by atoms with E-state index < -0.39 is 29.1 Å². The molecule has 0 radical (unpaired) electrons. The average Bonchev–Trinajstić information content (AvgIpc) is 3.38. The van der Waals surface area contributed by atoms with Crippen LogP contribution in [0.2, 0.25) is 0 Å². The number of allylic oxidation sites excluding steroid dienone is 1. The van der Waals surface area contributed by atoms with Gasteiger partial charge in [0, 0.05) is 18.3 Å². The highest BCUT2D eigenvalue weighted by atomic mass is 16.5. The number of carbonyl (C=O) groups is 3.